The van der Waals surface area contributed by atoms with Crippen LogP contribution in [-0.4, -0.2) is 17.1 Å². The first-order valence-corrected chi connectivity index (χ1v) is 1.58. The molecule has 2 N–H and O–H groups in total. The van der Waals surface area contributed by atoms with Crippen molar-refractivity contribution in [1.82, 2.24) is 0 Å². The van der Waals surface area contributed by atoms with Crippen LogP contribution < -0.4 is 0 Å². The Bertz CT molecular complexity index is 64.0. The standard InChI is InChI=1S/C3H6NO2.Y/c1-2(4)3(5)6;/h2,4H,1H3,(H,5,6);/q-1;. The molecule has 0 aliphatic carbocycles. The van der Waals surface area contributed by atoms with Gasteiger partial charge < -0.3 is 10.8 Å². The van der Waals surface area contributed by atoms with Gasteiger partial charge >= 0.3 is 0 Å². The Labute approximate surface area is 67.1 Å². The molecule has 0 saturated heterocycles. The average molecular weight is 177 g/mol. The first kappa shape index (κ1) is 10.5. The van der Waals surface area contributed by atoms with E-state index in [2.05, 4.69) is 0 Å². The molecule has 0 amide bonds. The van der Waals surface area contributed by atoms with Crippen molar-refractivity contribution in [3.05, 3.63) is 5.73 Å². The summed E-state index contributed by atoms with van der Waals surface area (Å²) in [6.07, 6.45) is 0. The Balaban J connectivity index is 0. The van der Waals surface area contributed by atoms with E-state index in [0.29, 0.717) is 0 Å². The first-order valence-electron chi connectivity index (χ1n) is 1.58. The van der Waals surface area contributed by atoms with Gasteiger partial charge in [0.2, 0.25) is 0 Å². The van der Waals surface area contributed by atoms with E-state index in [0.717, 1.165) is 0 Å². The van der Waals surface area contributed by atoms with Gasteiger partial charge in [0.1, 0.15) is 0 Å². The third-order valence-corrected chi connectivity index (χ3v) is 0.370. The third-order valence-electron chi connectivity index (χ3n) is 0.370. The maximum absolute atomic E-state index is 9.51. The topological polar surface area (TPSA) is 61.1 Å². The second-order valence-corrected chi connectivity index (χ2v) is 1.06. The smallest absolute Gasteiger partial charge is 0.285 e. The van der Waals surface area contributed by atoms with Gasteiger partial charge in [0.05, 0.1) is 0 Å². The Hall–Kier alpha value is 0.534. The third kappa shape index (κ3) is 6.53. The fourth-order valence-electron chi connectivity index (χ4n) is 0. The molecule has 0 spiro atoms. The molecule has 0 aromatic carbocycles. The number of rotatable bonds is 1. The van der Waals surface area contributed by atoms with E-state index in [1.807, 2.05) is 0 Å². The van der Waals surface area contributed by atoms with Crippen LogP contribution in [0.3, 0.4) is 0 Å². The normalized spacial score (nSPS) is 11.7. The molecule has 4 heteroatoms. The van der Waals surface area contributed by atoms with Gasteiger partial charge in [-0.05, 0) is 6.04 Å². The van der Waals surface area contributed by atoms with Crippen LogP contribution in [0, 0.1) is 0 Å². The van der Waals surface area contributed by atoms with Crippen LogP contribution in [0.2, 0.25) is 0 Å². The van der Waals surface area contributed by atoms with Crippen molar-refractivity contribution in [1.29, 1.82) is 0 Å². The predicted molar refractivity (Wildman–Crippen MR) is 21.4 cm³/mol. The zero-order valence-corrected chi connectivity index (χ0v) is 6.85. The van der Waals surface area contributed by atoms with E-state index < -0.39 is 12.0 Å². The number of carboxylic acids is 1. The van der Waals surface area contributed by atoms with Gasteiger partial charge in [-0.2, -0.15) is 0 Å². The van der Waals surface area contributed by atoms with Crippen molar-refractivity contribution in [3.8, 4) is 0 Å². The molecule has 3 nitrogen and oxygen atoms in total. The fraction of sp³-hybridized carbons (Fsp3) is 0.667. The zero-order valence-electron chi connectivity index (χ0n) is 4.01. The Morgan fingerprint density at radius 3 is 2.00 bits per heavy atom. The summed E-state index contributed by atoms with van der Waals surface area (Å²) in [6.45, 7) is 1.31. The van der Waals surface area contributed by atoms with Crippen LogP contribution in [0.25, 0.3) is 5.73 Å². The minimum atomic E-state index is -1.07. The van der Waals surface area contributed by atoms with Crippen LogP contribution in [-0.2, 0) is 37.5 Å². The predicted octanol–water partition coefficient (Wildman–Crippen LogP) is 0.509. The second kappa shape index (κ2) is 4.69. The number of hydrogen-bond acceptors (Lipinski definition) is 1. The number of aliphatic carboxylic acids is 1. The van der Waals surface area contributed by atoms with Crippen LogP contribution in [0.1, 0.15) is 6.92 Å². The molecular weight excluding hydrogens is 171 g/mol. The molecule has 0 rings (SSSR count). The molecule has 0 aromatic rings. The summed E-state index contributed by atoms with van der Waals surface area (Å²) in [6, 6.07) is -0.981. The maximum atomic E-state index is 9.51. The molecular formula is C3H6NO2Y-. The van der Waals surface area contributed by atoms with Crippen molar-refractivity contribution in [3.63, 3.8) is 0 Å². The van der Waals surface area contributed by atoms with Gasteiger partial charge in [0, 0.05) is 32.7 Å². The number of hydrogen-bond donors (Lipinski definition) is 1. The molecule has 0 aliphatic rings. The summed E-state index contributed by atoms with van der Waals surface area (Å²) >= 11 is 0. The SMILES string of the molecule is CC([NH-])C(=O)O.[Y]. The fourth-order valence-corrected chi connectivity index (χ4v) is 0. The van der Waals surface area contributed by atoms with E-state index in [4.69, 9.17) is 10.8 Å². The monoisotopic (exact) mass is 177 g/mol. The molecule has 0 saturated carbocycles. The van der Waals surface area contributed by atoms with Crippen molar-refractivity contribution in [2.24, 2.45) is 0 Å². The molecule has 39 valence electrons. The van der Waals surface area contributed by atoms with Gasteiger partial charge in [0.15, 0.2) is 0 Å². The van der Waals surface area contributed by atoms with E-state index in [9.17, 15) is 4.79 Å². The second-order valence-electron chi connectivity index (χ2n) is 1.06. The van der Waals surface area contributed by atoms with Crippen molar-refractivity contribution in [2.45, 2.75) is 13.0 Å². The Morgan fingerprint density at radius 1 is 1.86 bits per heavy atom. The maximum Gasteiger partial charge on any atom is 0.285 e. The molecule has 7 heavy (non-hydrogen) atoms. The summed E-state index contributed by atoms with van der Waals surface area (Å²) in [5.41, 5.74) is 6.43. The van der Waals surface area contributed by atoms with Gasteiger partial charge in [0.25, 0.3) is 5.97 Å². The van der Waals surface area contributed by atoms with E-state index in [1.54, 1.807) is 0 Å². The quantitative estimate of drug-likeness (QED) is 0.634. The van der Waals surface area contributed by atoms with Crippen molar-refractivity contribution < 1.29 is 42.6 Å². The Kier molecular flexibility index (Phi) is 7.03. The number of carboxylic acid groups (broad SMARTS) is 1. The first-order chi connectivity index (χ1) is 2.64. The molecule has 1 radical (unpaired) electrons. The summed E-state index contributed by atoms with van der Waals surface area (Å²) in [5, 5.41) is 7.80. The van der Waals surface area contributed by atoms with Gasteiger partial charge in [-0.15, -0.1) is 0 Å². The largest absolute Gasteiger partial charge is 0.666 e. The van der Waals surface area contributed by atoms with E-state index in [1.165, 1.54) is 6.92 Å². The molecule has 0 heterocycles. The molecule has 1 unspecified atom stereocenters. The summed E-state index contributed by atoms with van der Waals surface area (Å²) in [7, 11) is 0. The summed E-state index contributed by atoms with van der Waals surface area (Å²) < 4.78 is 0. The van der Waals surface area contributed by atoms with Gasteiger partial charge in [-0.1, -0.05) is 6.92 Å². The average Bonchev–Trinajstić information content (AvgIpc) is 1.36. The summed E-state index contributed by atoms with van der Waals surface area (Å²) in [4.78, 5) is 9.51. The minimum absolute atomic E-state index is 0. The van der Waals surface area contributed by atoms with Crippen LogP contribution in [0.5, 0.6) is 0 Å². The van der Waals surface area contributed by atoms with Crippen molar-refractivity contribution in [2.75, 3.05) is 0 Å². The molecule has 0 bridgehead atoms. The summed E-state index contributed by atoms with van der Waals surface area (Å²) in [5.74, 6) is -1.07. The molecule has 1 atom stereocenters. The Morgan fingerprint density at radius 2 is 2.00 bits per heavy atom. The minimum Gasteiger partial charge on any atom is -0.666 e. The van der Waals surface area contributed by atoms with E-state index in [-0.39, 0.29) is 32.7 Å². The van der Waals surface area contributed by atoms with Crippen LogP contribution >= 0.6 is 0 Å². The van der Waals surface area contributed by atoms with Gasteiger partial charge in [-0.25, -0.2) is 0 Å². The zero-order chi connectivity index (χ0) is 5.15. The van der Waals surface area contributed by atoms with Gasteiger partial charge in [-0.3, -0.25) is 4.79 Å². The van der Waals surface area contributed by atoms with Crippen LogP contribution in [0.4, 0.5) is 0 Å². The molecule has 0 aromatic heterocycles. The van der Waals surface area contributed by atoms with Crippen molar-refractivity contribution >= 4 is 5.97 Å². The number of nitrogens with one attached hydrogen (secondary N) is 1. The number of carbonyl (C=O) groups is 1. The van der Waals surface area contributed by atoms with Crippen LogP contribution in [0.15, 0.2) is 0 Å². The molecule has 0 fully saturated rings. The van der Waals surface area contributed by atoms with E-state index >= 15 is 0 Å². The molecule has 0 aliphatic heterocycles.